The van der Waals surface area contributed by atoms with Crippen LogP contribution >= 0.6 is 0 Å². The van der Waals surface area contributed by atoms with Gasteiger partial charge in [-0.15, -0.1) is 0 Å². The average molecular weight is 689 g/mol. The van der Waals surface area contributed by atoms with E-state index in [2.05, 4.69) is 200 Å². The van der Waals surface area contributed by atoms with Crippen LogP contribution in [0.3, 0.4) is 0 Å². The lowest BCUT2D eigenvalue weighted by atomic mass is 9.78. The first-order valence-electron chi connectivity index (χ1n) is 18.8. The van der Waals surface area contributed by atoms with Gasteiger partial charge in [-0.3, -0.25) is 0 Å². The number of hydrogen-bond donors (Lipinski definition) is 4. The van der Waals surface area contributed by atoms with Gasteiger partial charge in [0.1, 0.15) is 0 Å². The maximum absolute atomic E-state index is 3.98. The zero-order valence-corrected chi connectivity index (χ0v) is 33.2. The Hall–Kier alpha value is -4.96. The molecular formula is C48H56N4. The first-order chi connectivity index (χ1) is 24.2. The topological polar surface area (TPSA) is 63.2 Å². The summed E-state index contributed by atoms with van der Waals surface area (Å²) >= 11 is 0. The SMILES string of the molecule is CC(C)(C)c1cc(C2=c3ccc([nH]3)=C(c3cc(C(C)(C)C)cc(C(C)(C)C)c3)c3ccc([nH]3)C=c3ccc([nH]3)=Cc3ccc2[nH]3)cc(C(C)(C)C)c1. The van der Waals surface area contributed by atoms with Gasteiger partial charge in [0, 0.05) is 55.3 Å². The van der Waals surface area contributed by atoms with Crippen molar-refractivity contribution >= 4 is 23.3 Å². The number of fused-ring (bicyclic) bond motifs is 8. The molecule has 0 saturated heterocycles. The van der Waals surface area contributed by atoms with Crippen LogP contribution in [-0.4, -0.2) is 19.9 Å². The molecule has 4 nitrogen and oxygen atoms in total. The van der Waals surface area contributed by atoms with E-state index in [4.69, 9.17) is 0 Å². The molecule has 0 aliphatic carbocycles. The smallest absolute Gasteiger partial charge is 0.0485 e. The highest BCUT2D eigenvalue weighted by atomic mass is 14.8. The molecular weight excluding hydrogens is 633 g/mol. The Labute approximate surface area is 309 Å². The summed E-state index contributed by atoms with van der Waals surface area (Å²) in [5.74, 6) is 0. The normalized spacial score (nSPS) is 14.0. The summed E-state index contributed by atoms with van der Waals surface area (Å²) < 4.78 is 0. The molecule has 52 heavy (non-hydrogen) atoms. The summed E-state index contributed by atoms with van der Waals surface area (Å²) in [6.45, 7) is 27.7. The highest BCUT2D eigenvalue weighted by Crippen LogP contribution is 2.35. The predicted octanol–water partition coefficient (Wildman–Crippen LogP) is 8.65. The van der Waals surface area contributed by atoms with Crippen molar-refractivity contribution in [2.75, 3.05) is 0 Å². The maximum Gasteiger partial charge on any atom is 0.0485 e. The molecule has 6 aromatic rings. The minimum absolute atomic E-state index is 0.0120. The van der Waals surface area contributed by atoms with Crippen molar-refractivity contribution in [3.8, 4) is 0 Å². The van der Waals surface area contributed by atoms with E-state index in [1.165, 1.54) is 33.4 Å². The minimum Gasteiger partial charge on any atom is -0.355 e. The Morgan fingerprint density at radius 1 is 0.346 bits per heavy atom. The fraction of sp³-hybridized carbons (Fsp3) is 0.333. The highest BCUT2D eigenvalue weighted by molar-refractivity contribution is 5.81. The molecule has 0 unspecified atom stereocenters. The summed E-state index contributed by atoms with van der Waals surface area (Å²) in [6, 6.07) is 32.0. The van der Waals surface area contributed by atoms with E-state index in [9.17, 15) is 0 Å². The third kappa shape index (κ3) is 7.08. The lowest BCUT2D eigenvalue weighted by Crippen LogP contribution is -2.21. The van der Waals surface area contributed by atoms with Gasteiger partial charge < -0.3 is 19.9 Å². The van der Waals surface area contributed by atoms with Gasteiger partial charge in [-0.25, -0.2) is 0 Å². The molecule has 1 aliphatic heterocycles. The number of aromatic nitrogens is 4. The lowest BCUT2D eigenvalue weighted by molar-refractivity contribution is 0.567. The molecule has 2 aromatic carbocycles. The van der Waals surface area contributed by atoms with E-state index in [1.807, 2.05) is 0 Å². The van der Waals surface area contributed by atoms with Crippen LogP contribution in [-0.2, 0) is 21.7 Å². The van der Waals surface area contributed by atoms with Crippen LogP contribution in [0.4, 0.5) is 0 Å². The maximum atomic E-state index is 3.98. The number of rotatable bonds is 2. The van der Waals surface area contributed by atoms with Crippen molar-refractivity contribution in [2.24, 2.45) is 0 Å². The van der Waals surface area contributed by atoms with Crippen molar-refractivity contribution in [3.05, 3.63) is 162 Å². The van der Waals surface area contributed by atoms with E-state index in [0.29, 0.717) is 0 Å². The minimum atomic E-state index is -0.0120. The molecule has 0 amide bonds. The second kappa shape index (κ2) is 12.3. The molecule has 4 N–H and O–H groups in total. The van der Waals surface area contributed by atoms with Crippen molar-refractivity contribution in [3.63, 3.8) is 0 Å². The second-order valence-electron chi connectivity index (χ2n) is 18.9. The van der Waals surface area contributed by atoms with Gasteiger partial charge >= 0.3 is 0 Å². The highest BCUT2D eigenvalue weighted by Gasteiger charge is 2.25. The zero-order valence-electron chi connectivity index (χ0n) is 33.2. The molecule has 0 fully saturated rings. The molecule has 0 atom stereocenters. The van der Waals surface area contributed by atoms with Crippen LogP contribution in [0, 0.1) is 0 Å². The Kier molecular flexibility index (Phi) is 8.40. The van der Waals surface area contributed by atoms with Crippen LogP contribution in [0.2, 0.25) is 0 Å². The number of H-pyrrole nitrogens is 4. The first kappa shape index (κ1) is 35.4. The van der Waals surface area contributed by atoms with E-state index in [0.717, 1.165) is 55.3 Å². The molecule has 0 saturated carbocycles. The summed E-state index contributed by atoms with van der Waals surface area (Å²) in [7, 11) is 0. The molecule has 8 bridgehead atoms. The van der Waals surface area contributed by atoms with Gasteiger partial charge in [0.25, 0.3) is 0 Å². The quantitative estimate of drug-likeness (QED) is 0.141. The van der Waals surface area contributed by atoms with Gasteiger partial charge in [0.15, 0.2) is 0 Å². The van der Waals surface area contributed by atoms with Gasteiger partial charge in [0.2, 0.25) is 0 Å². The molecule has 7 rings (SSSR count). The Bertz CT molecular complexity index is 2310. The van der Waals surface area contributed by atoms with Crippen molar-refractivity contribution in [2.45, 2.75) is 105 Å². The van der Waals surface area contributed by atoms with Gasteiger partial charge in [-0.05, 0) is 116 Å². The Balaban J connectivity index is 1.64. The van der Waals surface area contributed by atoms with Crippen molar-refractivity contribution < 1.29 is 0 Å². The molecule has 5 heterocycles. The van der Waals surface area contributed by atoms with Crippen LogP contribution in [0.1, 0.15) is 139 Å². The second-order valence-corrected chi connectivity index (χ2v) is 18.9. The summed E-state index contributed by atoms with van der Waals surface area (Å²) in [4.78, 5) is 15.2. The fourth-order valence-corrected chi connectivity index (χ4v) is 7.09. The monoisotopic (exact) mass is 688 g/mol. The molecule has 0 radical (unpaired) electrons. The fourth-order valence-electron chi connectivity index (χ4n) is 7.09. The largest absolute Gasteiger partial charge is 0.355 e. The lowest BCUT2D eigenvalue weighted by Gasteiger charge is -2.26. The van der Waals surface area contributed by atoms with E-state index in [-0.39, 0.29) is 21.7 Å². The molecule has 4 aromatic heterocycles. The van der Waals surface area contributed by atoms with Crippen LogP contribution in [0.5, 0.6) is 0 Å². The third-order valence-electron chi connectivity index (χ3n) is 10.4. The van der Waals surface area contributed by atoms with Gasteiger partial charge in [-0.2, -0.15) is 0 Å². The third-order valence-corrected chi connectivity index (χ3v) is 10.4. The summed E-state index contributed by atoms with van der Waals surface area (Å²) in [5, 5.41) is 4.24. The van der Waals surface area contributed by atoms with Gasteiger partial charge in [0.05, 0.1) is 0 Å². The predicted molar refractivity (Wildman–Crippen MR) is 220 cm³/mol. The summed E-state index contributed by atoms with van der Waals surface area (Å²) in [6.07, 6.45) is 4.36. The molecule has 0 spiro atoms. The standard InChI is InChI=1S/C48H56N4/c1-45(2,3)31-21-29(22-32(25-31)46(4,5)6)43-39-17-15-37(50-39)27-35-13-14-36(49-35)28-38-16-18-40(51-38)44(42-20-19-41(43)52-42)30-23-33(47(7,8)9)26-34(24-30)48(10,11)12/h13-28,49-52H,1-12H3. The van der Waals surface area contributed by atoms with Crippen LogP contribution in [0.15, 0.2) is 84.9 Å². The average Bonchev–Trinajstić information content (AvgIpc) is 3.86. The number of aromatic amines is 4. The number of hydrogen-bond acceptors (Lipinski definition) is 0. The van der Waals surface area contributed by atoms with Crippen molar-refractivity contribution in [1.29, 1.82) is 0 Å². The first-order valence-corrected chi connectivity index (χ1v) is 18.8. The van der Waals surface area contributed by atoms with Crippen LogP contribution in [0.25, 0.3) is 23.3 Å². The van der Waals surface area contributed by atoms with Crippen LogP contribution < -0.4 is 21.4 Å². The molecule has 4 heteroatoms. The number of benzene rings is 2. The van der Waals surface area contributed by atoms with Gasteiger partial charge in [-0.1, -0.05) is 119 Å². The number of nitrogens with one attached hydrogen (secondary N) is 4. The van der Waals surface area contributed by atoms with Crippen molar-refractivity contribution in [1.82, 2.24) is 19.9 Å². The summed E-state index contributed by atoms with van der Waals surface area (Å²) in [5.41, 5.74) is 14.2. The van der Waals surface area contributed by atoms with E-state index < -0.39 is 0 Å². The molecule has 1 aliphatic rings. The van der Waals surface area contributed by atoms with E-state index in [1.54, 1.807) is 0 Å². The zero-order chi connectivity index (χ0) is 37.4. The van der Waals surface area contributed by atoms with E-state index >= 15 is 0 Å². The Morgan fingerprint density at radius 3 is 1.02 bits per heavy atom. The Morgan fingerprint density at radius 2 is 0.692 bits per heavy atom. The molecule has 268 valence electrons.